The summed E-state index contributed by atoms with van der Waals surface area (Å²) in [6.45, 7) is 7.35. The normalized spacial score (nSPS) is 23.8. The molecule has 1 aliphatic heterocycles. The lowest BCUT2D eigenvalue weighted by Gasteiger charge is -2.14. The summed E-state index contributed by atoms with van der Waals surface area (Å²) in [6.07, 6.45) is 1.22. The van der Waals surface area contributed by atoms with Crippen LogP contribution in [0.5, 0.6) is 0 Å². The Balaban J connectivity index is 0.000000360. The van der Waals surface area contributed by atoms with Gasteiger partial charge in [0.25, 0.3) is 6.47 Å². The number of nitrogens with one attached hydrogen (secondary N) is 1. The number of azide groups is 1. The lowest BCUT2D eigenvalue weighted by atomic mass is 10.1. The van der Waals surface area contributed by atoms with Crippen LogP contribution in [0.4, 0.5) is 0 Å². The van der Waals surface area contributed by atoms with E-state index in [2.05, 4.69) is 20.1 Å². The summed E-state index contributed by atoms with van der Waals surface area (Å²) >= 11 is 0. The first-order chi connectivity index (χ1) is 8.40. The van der Waals surface area contributed by atoms with Gasteiger partial charge < -0.3 is 15.2 Å². The molecule has 1 aliphatic rings. The molecule has 2 unspecified atom stereocenters. The molecule has 0 aromatic rings. The highest BCUT2D eigenvalue weighted by Crippen LogP contribution is 2.09. The smallest absolute Gasteiger partial charge is 0.293 e. The lowest BCUT2D eigenvalue weighted by Crippen LogP contribution is -2.31. The van der Waals surface area contributed by atoms with Crippen LogP contribution in [0.25, 0.3) is 10.4 Å². The lowest BCUT2D eigenvalue weighted by molar-refractivity contribution is -0.138. The van der Waals surface area contributed by atoms with Gasteiger partial charge in [-0.1, -0.05) is 5.11 Å². The van der Waals surface area contributed by atoms with Crippen molar-refractivity contribution in [2.45, 2.75) is 51.4 Å². The molecule has 2 atom stereocenters. The van der Waals surface area contributed by atoms with E-state index in [-0.39, 0.29) is 11.6 Å². The van der Waals surface area contributed by atoms with Gasteiger partial charge in [0.05, 0.1) is 12.1 Å². The number of rotatable bonds is 2. The Morgan fingerprint density at radius 1 is 1.56 bits per heavy atom. The van der Waals surface area contributed by atoms with E-state index in [1.807, 2.05) is 20.8 Å². The van der Waals surface area contributed by atoms with Crippen molar-refractivity contribution < 1.29 is 14.6 Å². The second-order valence-corrected chi connectivity index (χ2v) is 5.01. The number of ether oxygens (including phenoxy) is 1. The van der Waals surface area contributed by atoms with Gasteiger partial charge in [0.1, 0.15) is 5.60 Å². The van der Waals surface area contributed by atoms with Gasteiger partial charge in [-0.3, -0.25) is 4.79 Å². The summed E-state index contributed by atoms with van der Waals surface area (Å²) in [5.41, 5.74) is 7.84. The van der Waals surface area contributed by atoms with Crippen LogP contribution in [0.3, 0.4) is 0 Å². The highest BCUT2D eigenvalue weighted by atomic mass is 16.5. The number of carbonyl (C=O) groups excluding carboxylic acids is 1. The quantitative estimate of drug-likeness (QED) is 0.337. The van der Waals surface area contributed by atoms with Gasteiger partial charge >= 0.3 is 0 Å². The highest BCUT2D eigenvalue weighted by molar-refractivity contribution is 5.37. The number of hydrogen-bond acceptors (Lipinski definition) is 5. The number of aliphatic hydroxyl groups is 1. The van der Waals surface area contributed by atoms with Crippen molar-refractivity contribution in [1.29, 1.82) is 0 Å². The van der Waals surface area contributed by atoms with Gasteiger partial charge in [0.2, 0.25) is 0 Å². The average Bonchev–Trinajstić information content (AvgIpc) is 2.44. The Hall–Kier alpha value is -1.30. The minimum absolute atomic E-state index is 0.241. The molecular formula is C11H22N4O3. The predicted octanol–water partition coefficient (Wildman–Crippen LogP) is 1.37. The molecule has 7 heteroatoms. The molecule has 1 saturated heterocycles. The molecule has 0 saturated carbocycles. The minimum Gasteiger partial charge on any atom is -0.462 e. The Morgan fingerprint density at radius 3 is 2.67 bits per heavy atom. The Labute approximate surface area is 107 Å². The van der Waals surface area contributed by atoms with Crippen LogP contribution in [-0.2, 0) is 9.53 Å². The largest absolute Gasteiger partial charge is 0.462 e. The number of aliphatic hydroxyl groups excluding tert-OH is 1. The van der Waals surface area contributed by atoms with E-state index >= 15 is 0 Å². The highest BCUT2D eigenvalue weighted by Gasteiger charge is 2.19. The van der Waals surface area contributed by atoms with Crippen molar-refractivity contribution in [1.82, 2.24) is 5.32 Å². The monoisotopic (exact) mass is 258 g/mol. The second-order valence-electron chi connectivity index (χ2n) is 5.01. The zero-order valence-corrected chi connectivity index (χ0v) is 11.2. The average molecular weight is 258 g/mol. The first-order valence-electron chi connectivity index (χ1n) is 5.95. The Bertz CT molecular complexity index is 285. The minimum atomic E-state index is -0.520. The first-order valence-corrected chi connectivity index (χ1v) is 5.95. The van der Waals surface area contributed by atoms with Gasteiger partial charge in [-0.05, 0) is 45.7 Å². The fourth-order valence-electron chi connectivity index (χ4n) is 1.36. The van der Waals surface area contributed by atoms with E-state index in [4.69, 9.17) is 5.53 Å². The Kier molecular flexibility index (Phi) is 8.11. The van der Waals surface area contributed by atoms with Gasteiger partial charge in [0, 0.05) is 11.5 Å². The summed E-state index contributed by atoms with van der Waals surface area (Å²) in [5.74, 6) is 0. The van der Waals surface area contributed by atoms with E-state index < -0.39 is 6.10 Å². The third-order valence-electron chi connectivity index (χ3n) is 2.25. The summed E-state index contributed by atoms with van der Waals surface area (Å²) in [5, 5.41) is 15.9. The van der Waals surface area contributed by atoms with E-state index in [0.29, 0.717) is 13.0 Å². The molecule has 7 nitrogen and oxygen atoms in total. The van der Waals surface area contributed by atoms with Crippen LogP contribution in [0.1, 0.15) is 33.6 Å². The molecule has 1 heterocycles. The molecule has 1 rings (SSSR count). The maximum absolute atomic E-state index is 9.60. The van der Waals surface area contributed by atoms with Crippen LogP contribution in [0, 0.1) is 0 Å². The maximum Gasteiger partial charge on any atom is 0.293 e. The molecule has 104 valence electrons. The van der Waals surface area contributed by atoms with Gasteiger partial charge in [0.15, 0.2) is 0 Å². The van der Waals surface area contributed by atoms with Gasteiger partial charge in [-0.15, -0.1) is 0 Å². The van der Waals surface area contributed by atoms with E-state index in [1.54, 1.807) is 0 Å². The molecule has 18 heavy (non-hydrogen) atoms. The topological polar surface area (TPSA) is 107 Å². The van der Waals surface area contributed by atoms with Crippen LogP contribution < -0.4 is 5.32 Å². The first kappa shape index (κ1) is 16.7. The van der Waals surface area contributed by atoms with Crippen molar-refractivity contribution in [3.63, 3.8) is 0 Å². The van der Waals surface area contributed by atoms with Crippen LogP contribution in [0.15, 0.2) is 5.11 Å². The third kappa shape index (κ3) is 8.81. The number of β-amino-alcohol motifs (C(OH)–C–C–N with tert-alkyl or cyclic N) is 1. The summed E-state index contributed by atoms with van der Waals surface area (Å²) in [4.78, 5) is 12.3. The zero-order valence-electron chi connectivity index (χ0n) is 11.2. The van der Waals surface area contributed by atoms with Crippen molar-refractivity contribution in [2.24, 2.45) is 5.11 Å². The molecule has 0 aromatic carbocycles. The van der Waals surface area contributed by atoms with Crippen molar-refractivity contribution in [3.8, 4) is 0 Å². The van der Waals surface area contributed by atoms with Gasteiger partial charge in [-0.2, -0.15) is 0 Å². The van der Waals surface area contributed by atoms with Gasteiger partial charge in [-0.25, -0.2) is 0 Å². The molecule has 2 N–H and O–H groups in total. The third-order valence-corrected chi connectivity index (χ3v) is 2.25. The summed E-state index contributed by atoms with van der Waals surface area (Å²) in [6, 6.07) is -0.241. The summed E-state index contributed by atoms with van der Waals surface area (Å²) in [7, 11) is 0. The SMILES string of the molecule is CC(C)(C)OC=O.[N-]=[N+]=NC1CCCNCC1O. The van der Waals surface area contributed by atoms with E-state index in [0.717, 1.165) is 19.4 Å². The van der Waals surface area contributed by atoms with E-state index in [9.17, 15) is 9.90 Å². The predicted molar refractivity (Wildman–Crippen MR) is 67.9 cm³/mol. The molecule has 0 amide bonds. The molecule has 0 aliphatic carbocycles. The molecule has 0 aromatic heterocycles. The molecule has 1 fully saturated rings. The standard InChI is InChI=1S/C6H12N4O.C5H10O2/c7-10-9-5-2-1-3-8-4-6(5)11;1-5(2,3)7-4-6/h5-6,8,11H,1-4H2;4H,1-3H3. The molecular weight excluding hydrogens is 236 g/mol. The zero-order chi connectivity index (χ0) is 14.0. The van der Waals surface area contributed by atoms with Crippen LogP contribution >= 0.6 is 0 Å². The van der Waals surface area contributed by atoms with E-state index in [1.165, 1.54) is 0 Å². The number of carbonyl (C=O) groups is 1. The molecule has 0 bridgehead atoms. The second kappa shape index (κ2) is 8.74. The maximum atomic E-state index is 9.60. The molecule has 0 radical (unpaired) electrons. The van der Waals surface area contributed by atoms with Crippen molar-refractivity contribution in [2.75, 3.05) is 13.1 Å². The Morgan fingerprint density at radius 2 is 2.22 bits per heavy atom. The van der Waals surface area contributed by atoms with Crippen LogP contribution in [0.2, 0.25) is 0 Å². The molecule has 0 spiro atoms. The van der Waals surface area contributed by atoms with Crippen molar-refractivity contribution in [3.05, 3.63) is 10.4 Å². The fraction of sp³-hybridized carbons (Fsp3) is 0.909. The van der Waals surface area contributed by atoms with Crippen molar-refractivity contribution >= 4 is 6.47 Å². The number of hydrogen-bond donors (Lipinski definition) is 2. The number of nitrogens with zero attached hydrogens (tertiary/aromatic N) is 3. The summed E-state index contributed by atoms with van der Waals surface area (Å²) < 4.78 is 4.55. The fourth-order valence-corrected chi connectivity index (χ4v) is 1.36. The van der Waals surface area contributed by atoms with Crippen LogP contribution in [-0.4, -0.2) is 42.4 Å².